The molecule has 16 heavy (non-hydrogen) atoms. The smallest absolute Gasteiger partial charge is 0.0406 e. The van der Waals surface area contributed by atoms with E-state index in [1.54, 1.807) is 0 Å². The number of likely N-dealkylation sites (tertiary alicyclic amines) is 1. The summed E-state index contributed by atoms with van der Waals surface area (Å²) in [6, 6.07) is 8.24. The maximum absolute atomic E-state index is 5.89. The molecule has 88 valence electrons. The molecule has 0 saturated carbocycles. The van der Waals surface area contributed by atoms with E-state index in [-0.39, 0.29) is 0 Å². The van der Waals surface area contributed by atoms with Crippen LogP contribution in [0.5, 0.6) is 0 Å². The summed E-state index contributed by atoms with van der Waals surface area (Å²) in [6.45, 7) is 5.89. The molecule has 2 rings (SSSR count). The van der Waals surface area contributed by atoms with Gasteiger partial charge in [0.05, 0.1) is 0 Å². The number of benzene rings is 1. The lowest BCUT2D eigenvalue weighted by Crippen LogP contribution is -2.34. The molecule has 1 aliphatic heterocycles. The molecule has 1 heterocycles. The fourth-order valence-corrected chi connectivity index (χ4v) is 2.60. The summed E-state index contributed by atoms with van der Waals surface area (Å²) in [5.74, 6) is 0.904. The fourth-order valence-electron chi connectivity index (χ4n) is 2.48. The highest BCUT2D eigenvalue weighted by molar-refractivity contribution is 6.30. The van der Waals surface area contributed by atoms with E-state index in [0.717, 1.165) is 17.5 Å². The summed E-state index contributed by atoms with van der Waals surface area (Å²) in [5, 5.41) is 0.828. The van der Waals surface area contributed by atoms with Crippen molar-refractivity contribution in [2.24, 2.45) is 5.92 Å². The summed E-state index contributed by atoms with van der Waals surface area (Å²) in [6.07, 6.45) is 4.08. The molecule has 0 N–H and O–H groups in total. The molecule has 1 aromatic carbocycles. The molecule has 1 aliphatic rings. The number of hydrogen-bond acceptors (Lipinski definition) is 1. The topological polar surface area (TPSA) is 3.24 Å². The second kappa shape index (κ2) is 5.70. The maximum Gasteiger partial charge on any atom is 0.0406 e. The minimum Gasteiger partial charge on any atom is -0.299 e. The Morgan fingerprint density at radius 1 is 1.31 bits per heavy atom. The van der Waals surface area contributed by atoms with Crippen molar-refractivity contribution in [3.05, 3.63) is 34.9 Å². The maximum atomic E-state index is 5.89. The van der Waals surface area contributed by atoms with E-state index in [0.29, 0.717) is 0 Å². The van der Waals surface area contributed by atoms with Crippen molar-refractivity contribution in [3.63, 3.8) is 0 Å². The van der Waals surface area contributed by atoms with Crippen LogP contribution in [-0.2, 0) is 6.54 Å². The lowest BCUT2D eigenvalue weighted by Gasteiger charge is -2.32. The van der Waals surface area contributed by atoms with Gasteiger partial charge in [0.15, 0.2) is 0 Å². The third-order valence-corrected chi connectivity index (χ3v) is 3.75. The fraction of sp³-hybridized carbons (Fsp3) is 0.571. The van der Waals surface area contributed by atoms with Gasteiger partial charge in [0.2, 0.25) is 0 Å². The van der Waals surface area contributed by atoms with Crippen LogP contribution in [0.3, 0.4) is 0 Å². The molecular weight excluding hydrogens is 218 g/mol. The van der Waals surface area contributed by atoms with Crippen LogP contribution >= 0.6 is 11.6 Å². The highest BCUT2D eigenvalue weighted by Gasteiger charge is 2.18. The van der Waals surface area contributed by atoms with E-state index < -0.39 is 0 Å². The number of hydrogen-bond donors (Lipinski definition) is 0. The van der Waals surface area contributed by atoms with E-state index in [1.165, 1.54) is 37.9 Å². The molecule has 1 nitrogen and oxygen atoms in total. The van der Waals surface area contributed by atoms with Gasteiger partial charge in [-0.05, 0) is 43.0 Å². The third-order valence-electron chi connectivity index (χ3n) is 3.50. The molecule has 1 atom stereocenters. The van der Waals surface area contributed by atoms with Gasteiger partial charge in [-0.3, -0.25) is 4.90 Å². The van der Waals surface area contributed by atoms with Crippen LogP contribution in [0.15, 0.2) is 24.3 Å². The third kappa shape index (κ3) is 3.23. The highest BCUT2D eigenvalue weighted by Crippen LogP contribution is 2.21. The van der Waals surface area contributed by atoms with Gasteiger partial charge in [0.1, 0.15) is 0 Å². The van der Waals surface area contributed by atoms with Gasteiger partial charge in [-0.15, -0.1) is 0 Å². The van der Waals surface area contributed by atoms with Crippen LogP contribution in [0.1, 0.15) is 31.7 Å². The Labute approximate surface area is 103 Å². The van der Waals surface area contributed by atoms with Crippen molar-refractivity contribution in [1.82, 2.24) is 4.90 Å². The quantitative estimate of drug-likeness (QED) is 0.769. The van der Waals surface area contributed by atoms with Crippen LogP contribution in [0.4, 0.5) is 0 Å². The SMILES string of the molecule is CC[C@@H]1CCCN(Cc2ccc(Cl)cc2)C1. The van der Waals surface area contributed by atoms with Crippen LogP contribution in [0.25, 0.3) is 0 Å². The Bertz CT molecular complexity index is 320. The Morgan fingerprint density at radius 2 is 2.06 bits per heavy atom. The summed E-state index contributed by atoms with van der Waals surface area (Å²) >= 11 is 5.89. The largest absolute Gasteiger partial charge is 0.299 e. The second-order valence-corrected chi connectivity index (χ2v) is 5.21. The Kier molecular flexibility index (Phi) is 4.25. The van der Waals surface area contributed by atoms with Gasteiger partial charge in [-0.2, -0.15) is 0 Å². The number of halogens is 1. The van der Waals surface area contributed by atoms with Gasteiger partial charge < -0.3 is 0 Å². The molecule has 0 spiro atoms. The predicted octanol–water partition coefficient (Wildman–Crippen LogP) is 3.96. The van der Waals surface area contributed by atoms with E-state index >= 15 is 0 Å². The lowest BCUT2D eigenvalue weighted by molar-refractivity contribution is 0.165. The van der Waals surface area contributed by atoms with Crippen LogP contribution < -0.4 is 0 Å². The molecule has 0 bridgehead atoms. The average molecular weight is 238 g/mol. The van der Waals surface area contributed by atoms with Crippen LogP contribution in [-0.4, -0.2) is 18.0 Å². The number of piperidine rings is 1. The first kappa shape index (κ1) is 11.9. The zero-order valence-corrected chi connectivity index (χ0v) is 10.7. The zero-order chi connectivity index (χ0) is 11.4. The van der Waals surface area contributed by atoms with Gasteiger partial charge in [0.25, 0.3) is 0 Å². The van der Waals surface area contributed by atoms with Gasteiger partial charge in [-0.25, -0.2) is 0 Å². The molecule has 1 aromatic rings. The molecule has 1 saturated heterocycles. The highest BCUT2D eigenvalue weighted by atomic mass is 35.5. The van der Waals surface area contributed by atoms with Gasteiger partial charge >= 0.3 is 0 Å². The molecule has 2 heteroatoms. The number of nitrogens with zero attached hydrogens (tertiary/aromatic N) is 1. The van der Waals surface area contributed by atoms with Gasteiger partial charge in [0, 0.05) is 18.1 Å². The first-order valence-electron chi connectivity index (χ1n) is 6.24. The first-order valence-corrected chi connectivity index (χ1v) is 6.62. The molecule has 0 aliphatic carbocycles. The van der Waals surface area contributed by atoms with Crippen LogP contribution in [0, 0.1) is 5.92 Å². The zero-order valence-electron chi connectivity index (χ0n) is 9.95. The summed E-state index contributed by atoms with van der Waals surface area (Å²) in [5.41, 5.74) is 1.38. The average Bonchev–Trinajstić information content (AvgIpc) is 2.32. The van der Waals surface area contributed by atoms with Crippen molar-refractivity contribution in [3.8, 4) is 0 Å². The molecule has 0 amide bonds. The minimum absolute atomic E-state index is 0.828. The van der Waals surface area contributed by atoms with E-state index in [2.05, 4.69) is 24.0 Å². The van der Waals surface area contributed by atoms with Crippen molar-refractivity contribution < 1.29 is 0 Å². The van der Waals surface area contributed by atoms with E-state index in [1.807, 2.05) is 12.1 Å². The molecule has 1 fully saturated rings. The van der Waals surface area contributed by atoms with Crippen molar-refractivity contribution in [2.75, 3.05) is 13.1 Å². The molecular formula is C14H20ClN. The minimum atomic E-state index is 0.828. The summed E-state index contributed by atoms with van der Waals surface area (Å²) in [4.78, 5) is 2.57. The van der Waals surface area contributed by atoms with Crippen molar-refractivity contribution >= 4 is 11.6 Å². The van der Waals surface area contributed by atoms with Crippen molar-refractivity contribution in [2.45, 2.75) is 32.7 Å². The van der Waals surface area contributed by atoms with Gasteiger partial charge in [-0.1, -0.05) is 37.1 Å². The molecule has 0 unspecified atom stereocenters. The predicted molar refractivity (Wildman–Crippen MR) is 69.7 cm³/mol. The monoisotopic (exact) mass is 237 g/mol. The Balaban J connectivity index is 1.91. The van der Waals surface area contributed by atoms with Crippen LogP contribution in [0.2, 0.25) is 5.02 Å². The Hall–Kier alpha value is -0.530. The van der Waals surface area contributed by atoms with E-state index in [9.17, 15) is 0 Å². The second-order valence-electron chi connectivity index (χ2n) is 4.78. The van der Waals surface area contributed by atoms with E-state index in [4.69, 9.17) is 11.6 Å². The molecule has 0 aromatic heterocycles. The standard InChI is InChI=1S/C14H20ClN/c1-2-12-4-3-9-16(10-12)11-13-5-7-14(15)8-6-13/h5-8,12H,2-4,9-11H2,1H3/t12-/m1/s1. The number of rotatable bonds is 3. The van der Waals surface area contributed by atoms with Crippen molar-refractivity contribution in [1.29, 1.82) is 0 Å². The Morgan fingerprint density at radius 3 is 2.75 bits per heavy atom. The summed E-state index contributed by atoms with van der Waals surface area (Å²) < 4.78 is 0. The lowest BCUT2D eigenvalue weighted by atomic mass is 9.95. The first-order chi connectivity index (χ1) is 7.78. The summed E-state index contributed by atoms with van der Waals surface area (Å²) in [7, 11) is 0. The normalized spacial score (nSPS) is 22.2. The molecule has 0 radical (unpaired) electrons.